The summed E-state index contributed by atoms with van der Waals surface area (Å²) >= 11 is 3.04. The molecule has 0 bridgehead atoms. The highest BCUT2D eigenvalue weighted by atomic mass is 32.2. The van der Waals surface area contributed by atoms with Gasteiger partial charge in [0.1, 0.15) is 17.0 Å². The van der Waals surface area contributed by atoms with E-state index in [4.69, 9.17) is 14.5 Å². The lowest BCUT2D eigenvalue weighted by molar-refractivity contribution is -0.116. The number of carbonyl (C=O) groups is 1. The molecule has 1 heterocycles. The Morgan fingerprint density at radius 3 is 2.57 bits per heavy atom. The number of para-hydroxylation sites is 1. The fourth-order valence-corrected chi connectivity index (χ4v) is 4.62. The molecule has 0 radical (unpaired) electrons. The Hall–Kier alpha value is -2.29. The second kappa shape index (κ2) is 10.7. The van der Waals surface area contributed by atoms with E-state index in [-0.39, 0.29) is 5.91 Å². The maximum absolute atomic E-state index is 13.1. The summed E-state index contributed by atoms with van der Waals surface area (Å²) < 4.78 is 11.9. The second-order valence-corrected chi connectivity index (χ2v) is 8.90. The number of thiazole rings is 1. The van der Waals surface area contributed by atoms with Gasteiger partial charge in [-0.15, -0.1) is 11.8 Å². The van der Waals surface area contributed by atoms with E-state index in [0.717, 1.165) is 33.2 Å². The Bertz CT molecular complexity index is 973. The van der Waals surface area contributed by atoms with Crippen molar-refractivity contribution in [2.75, 3.05) is 51.6 Å². The van der Waals surface area contributed by atoms with E-state index >= 15 is 0 Å². The monoisotopic (exact) mass is 445 g/mol. The first-order valence-electron chi connectivity index (χ1n) is 9.76. The summed E-state index contributed by atoms with van der Waals surface area (Å²) in [5, 5.41) is 0.708. The van der Waals surface area contributed by atoms with Crippen molar-refractivity contribution < 1.29 is 14.3 Å². The fourth-order valence-electron chi connectivity index (χ4n) is 2.82. The van der Waals surface area contributed by atoms with Crippen LogP contribution in [0.25, 0.3) is 10.2 Å². The molecule has 8 heteroatoms. The molecule has 0 N–H and O–H groups in total. The summed E-state index contributed by atoms with van der Waals surface area (Å²) in [6, 6.07) is 13.6. The number of aromatic nitrogens is 1. The van der Waals surface area contributed by atoms with Gasteiger partial charge in [-0.1, -0.05) is 17.4 Å². The van der Waals surface area contributed by atoms with Crippen molar-refractivity contribution in [1.82, 2.24) is 9.88 Å². The van der Waals surface area contributed by atoms with Crippen molar-refractivity contribution in [2.24, 2.45) is 0 Å². The second-order valence-electron chi connectivity index (χ2n) is 6.85. The summed E-state index contributed by atoms with van der Waals surface area (Å²) in [6.45, 7) is 3.87. The van der Waals surface area contributed by atoms with Crippen LogP contribution in [0, 0.1) is 0 Å². The number of thioether (sulfide) groups is 1. The van der Waals surface area contributed by atoms with Crippen LogP contribution < -0.4 is 14.4 Å². The zero-order chi connectivity index (χ0) is 21.5. The van der Waals surface area contributed by atoms with Gasteiger partial charge in [-0.2, -0.15) is 0 Å². The molecule has 0 aliphatic heterocycles. The first kappa shape index (κ1) is 22.4. The number of amides is 1. The molecular weight excluding hydrogens is 418 g/mol. The van der Waals surface area contributed by atoms with Gasteiger partial charge in [-0.25, -0.2) is 4.98 Å². The van der Waals surface area contributed by atoms with Crippen LogP contribution in [-0.2, 0) is 4.79 Å². The quantitative estimate of drug-likeness (QED) is 0.432. The molecule has 3 rings (SSSR count). The van der Waals surface area contributed by atoms with Gasteiger partial charge in [0.2, 0.25) is 5.91 Å². The summed E-state index contributed by atoms with van der Waals surface area (Å²) in [4.78, 5) is 22.8. The average Bonchev–Trinajstić information content (AvgIpc) is 3.17. The molecule has 2 aromatic carbocycles. The van der Waals surface area contributed by atoms with Crippen LogP contribution in [0.4, 0.5) is 5.13 Å². The number of benzene rings is 2. The molecule has 0 saturated heterocycles. The minimum Gasteiger partial charge on any atom is -0.497 e. The predicted octanol–water partition coefficient (Wildman–Crippen LogP) is 4.39. The maximum Gasteiger partial charge on any atom is 0.239 e. The molecule has 0 saturated carbocycles. The number of hydrogen-bond donors (Lipinski definition) is 0. The molecule has 0 aliphatic rings. The van der Waals surface area contributed by atoms with Crippen LogP contribution in [0.1, 0.15) is 6.92 Å². The third kappa shape index (κ3) is 5.65. The van der Waals surface area contributed by atoms with E-state index in [1.165, 1.54) is 23.1 Å². The number of hydrogen-bond acceptors (Lipinski definition) is 7. The van der Waals surface area contributed by atoms with E-state index in [1.807, 2.05) is 63.5 Å². The molecular formula is C22H27N3O3S2. The third-order valence-corrected chi connectivity index (χ3v) is 6.44. The highest BCUT2D eigenvalue weighted by molar-refractivity contribution is 8.00. The Labute approximate surface area is 185 Å². The molecule has 0 fully saturated rings. The standard InChI is InChI=1S/C22H27N3O3S2/c1-5-28-18-7-6-8-19-21(18)23-22(30-19)25(14-13-24(2)3)20(26)15-29-17-11-9-16(27-4)10-12-17/h6-12H,5,13-15H2,1-4H3. The van der Waals surface area contributed by atoms with Crippen molar-refractivity contribution in [1.29, 1.82) is 0 Å². The molecule has 1 aromatic heterocycles. The highest BCUT2D eigenvalue weighted by Gasteiger charge is 2.21. The first-order chi connectivity index (χ1) is 14.5. The molecule has 0 aliphatic carbocycles. The van der Waals surface area contributed by atoms with Crippen molar-refractivity contribution in [3.8, 4) is 11.5 Å². The molecule has 3 aromatic rings. The van der Waals surface area contributed by atoms with Crippen LogP contribution in [0.15, 0.2) is 47.4 Å². The number of carbonyl (C=O) groups excluding carboxylic acids is 1. The van der Waals surface area contributed by atoms with Crippen LogP contribution in [-0.4, -0.2) is 62.4 Å². The summed E-state index contributed by atoms with van der Waals surface area (Å²) in [5.41, 5.74) is 0.810. The van der Waals surface area contributed by atoms with E-state index in [9.17, 15) is 4.79 Å². The first-order valence-corrected chi connectivity index (χ1v) is 11.6. The number of likely N-dealkylation sites (N-methyl/N-ethyl adjacent to an activating group) is 1. The van der Waals surface area contributed by atoms with E-state index in [0.29, 0.717) is 24.0 Å². The SMILES string of the molecule is CCOc1cccc2sc(N(CCN(C)C)C(=O)CSc3ccc(OC)cc3)nc12. The Morgan fingerprint density at radius 1 is 1.13 bits per heavy atom. The molecule has 0 unspecified atom stereocenters. The van der Waals surface area contributed by atoms with Crippen molar-refractivity contribution >= 4 is 44.4 Å². The average molecular weight is 446 g/mol. The van der Waals surface area contributed by atoms with Crippen LogP contribution >= 0.6 is 23.1 Å². The largest absolute Gasteiger partial charge is 0.497 e. The van der Waals surface area contributed by atoms with Gasteiger partial charge >= 0.3 is 0 Å². The van der Waals surface area contributed by atoms with Crippen molar-refractivity contribution in [3.63, 3.8) is 0 Å². The molecule has 0 spiro atoms. The Morgan fingerprint density at radius 2 is 1.90 bits per heavy atom. The summed E-state index contributed by atoms with van der Waals surface area (Å²) in [5.74, 6) is 1.94. The van der Waals surface area contributed by atoms with Gasteiger partial charge in [0, 0.05) is 18.0 Å². The molecule has 30 heavy (non-hydrogen) atoms. The molecule has 0 atom stereocenters. The third-order valence-electron chi connectivity index (χ3n) is 4.40. The lowest BCUT2D eigenvalue weighted by atomic mass is 10.3. The predicted molar refractivity (Wildman–Crippen MR) is 125 cm³/mol. The zero-order valence-corrected chi connectivity index (χ0v) is 19.4. The minimum absolute atomic E-state index is 0.0367. The molecule has 6 nitrogen and oxygen atoms in total. The van der Waals surface area contributed by atoms with Gasteiger partial charge in [0.05, 0.1) is 24.2 Å². The minimum atomic E-state index is 0.0367. The Kier molecular flexibility index (Phi) is 7.95. The van der Waals surface area contributed by atoms with Crippen LogP contribution in [0.2, 0.25) is 0 Å². The van der Waals surface area contributed by atoms with Gasteiger partial charge in [-0.3, -0.25) is 9.69 Å². The topological polar surface area (TPSA) is 54.9 Å². The van der Waals surface area contributed by atoms with Gasteiger partial charge in [-0.05, 0) is 57.4 Å². The lowest BCUT2D eigenvalue weighted by Gasteiger charge is -2.21. The molecule has 1 amide bonds. The highest BCUT2D eigenvalue weighted by Crippen LogP contribution is 2.34. The smallest absolute Gasteiger partial charge is 0.239 e. The summed E-state index contributed by atoms with van der Waals surface area (Å²) in [6.07, 6.45) is 0. The van der Waals surface area contributed by atoms with Crippen LogP contribution in [0.3, 0.4) is 0 Å². The van der Waals surface area contributed by atoms with Gasteiger partial charge < -0.3 is 14.4 Å². The zero-order valence-electron chi connectivity index (χ0n) is 17.8. The van der Waals surface area contributed by atoms with E-state index in [1.54, 1.807) is 12.0 Å². The summed E-state index contributed by atoms with van der Waals surface area (Å²) in [7, 11) is 5.64. The van der Waals surface area contributed by atoms with E-state index < -0.39 is 0 Å². The molecule has 160 valence electrons. The van der Waals surface area contributed by atoms with E-state index in [2.05, 4.69) is 4.90 Å². The van der Waals surface area contributed by atoms with Crippen molar-refractivity contribution in [3.05, 3.63) is 42.5 Å². The fraction of sp³-hybridized carbons (Fsp3) is 0.364. The number of methoxy groups -OCH3 is 1. The maximum atomic E-state index is 13.1. The number of rotatable bonds is 10. The lowest BCUT2D eigenvalue weighted by Crippen LogP contribution is -2.37. The number of ether oxygens (including phenoxy) is 2. The number of anilines is 1. The van der Waals surface area contributed by atoms with Gasteiger partial charge in [0.15, 0.2) is 5.13 Å². The van der Waals surface area contributed by atoms with Crippen molar-refractivity contribution in [2.45, 2.75) is 11.8 Å². The van der Waals surface area contributed by atoms with Gasteiger partial charge in [0.25, 0.3) is 0 Å². The van der Waals surface area contributed by atoms with Crippen LogP contribution in [0.5, 0.6) is 11.5 Å². The number of nitrogens with zero attached hydrogens (tertiary/aromatic N) is 3. The normalized spacial score (nSPS) is 11.1. The number of fused-ring (bicyclic) bond motifs is 1. The Balaban J connectivity index is 1.80.